The molecule has 6 heteroatoms. The third-order valence-electron chi connectivity index (χ3n) is 3.79. The van der Waals surface area contributed by atoms with Crippen LogP contribution in [0.4, 0.5) is 4.79 Å². The summed E-state index contributed by atoms with van der Waals surface area (Å²) in [5.41, 5.74) is 2.07. The van der Waals surface area contributed by atoms with Crippen LogP contribution in [-0.4, -0.2) is 22.7 Å². The van der Waals surface area contributed by atoms with Gasteiger partial charge in [-0.05, 0) is 23.5 Å². The van der Waals surface area contributed by atoms with Crippen molar-refractivity contribution in [1.82, 2.24) is 15.6 Å². The van der Waals surface area contributed by atoms with E-state index in [2.05, 4.69) is 36.4 Å². The van der Waals surface area contributed by atoms with Gasteiger partial charge in [-0.2, -0.15) is 0 Å². The summed E-state index contributed by atoms with van der Waals surface area (Å²) in [4.78, 5) is 16.1. The highest BCUT2D eigenvalue weighted by molar-refractivity contribution is 7.09. The minimum Gasteiger partial charge on any atom is -0.387 e. The van der Waals surface area contributed by atoms with E-state index in [1.54, 1.807) is 6.20 Å². The molecule has 0 aliphatic rings. The fourth-order valence-electron chi connectivity index (χ4n) is 2.27. The van der Waals surface area contributed by atoms with Crippen LogP contribution in [0.25, 0.3) is 0 Å². The van der Waals surface area contributed by atoms with Crippen molar-refractivity contribution in [2.45, 2.75) is 45.3 Å². The average Bonchev–Trinajstić information content (AvgIpc) is 3.06. The second kappa shape index (κ2) is 7.77. The molecule has 1 aromatic carbocycles. The quantitative estimate of drug-likeness (QED) is 0.774. The molecule has 3 N–H and O–H groups in total. The number of hydrogen-bond donors (Lipinski definition) is 3. The van der Waals surface area contributed by atoms with E-state index in [0.29, 0.717) is 0 Å². The Balaban J connectivity index is 1.84. The molecule has 5 nitrogen and oxygen atoms in total. The van der Waals surface area contributed by atoms with Crippen molar-refractivity contribution >= 4 is 17.4 Å². The maximum absolute atomic E-state index is 11.9. The van der Waals surface area contributed by atoms with Gasteiger partial charge >= 0.3 is 6.03 Å². The first-order valence-electron chi connectivity index (χ1n) is 7.99. The van der Waals surface area contributed by atoms with Crippen LogP contribution >= 0.6 is 11.3 Å². The monoisotopic (exact) mass is 347 g/mol. The van der Waals surface area contributed by atoms with Crippen molar-refractivity contribution in [1.29, 1.82) is 0 Å². The van der Waals surface area contributed by atoms with E-state index in [-0.39, 0.29) is 24.0 Å². The van der Waals surface area contributed by atoms with Gasteiger partial charge in [0.25, 0.3) is 0 Å². The van der Waals surface area contributed by atoms with Crippen LogP contribution in [0.2, 0.25) is 0 Å². The average molecular weight is 347 g/mol. The molecule has 2 amide bonds. The molecular weight excluding hydrogens is 322 g/mol. The Kier molecular flexibility index (Phi) is 5.96. The van der Waals surface area contributed by atoms with Crippen LogP contribution in [0.1, 0.15) is 56.0 Å². The van der Waals surface area contributed by atoms with E-state index in [9.17, 15) is 9.90 Å². The number of aliphatic hydroxyl groups is 1. The highest BCUT2D eigenvalue weighted by Crippen LogP contribution is 2.23. The number of thiazole rings is 1. The third kappa shape index (κ3) is 5.04. The molecule has 0 fully saturated rings. The maximum Gasteiger partial charge on any atom is 0.315 e. The number of benzene rings is 1. The molecule has 130 valence electrons. The molecule has 0 aliphatic carbocycles. The van der Waals surface area contributed by atoms with Crippen molar-refractivity contribution in [3.05, 3.63) is 52.0 Å². The number of nitrogens with one attached hydrogen (secondary N) is 2. The molecule has 0 radical (unpaired) electrons. The molecule has 0 saturated heterocycles. The molecular formula is C18H25N3O2S. The summed E-state index contributed by atoms with van der Waals surface area (Å²) in [7, 11) is 0. The number of hydrogen-bond acceptors (Lipinski definition) is 4. The number of amides is 2. The van der Waals surface area contributed by atoms with Gasteiger partial charge in [0, 0.05) is 18.1 Å². The van der Waals surface area contributed by atoms with Crippen LogP contribution < -0.4 is 10.6 Å². The molecule has 2 atom stereocenters. The van der Waals surface area contributed by atoms with Crippen LogP contribution in [0.5, 0.6) is 0 Å². The van der Waals surface area contributed by atoms with Gasteiger partial charge in [-0.25, -0.2) is 9.78 Å². The van der Waals surface area contributed by atoms with Crippen molar-refractivity contribution in [3.63, 3.8) is 0 Å². The molecule has 2 rings (SSSR count). The largest absolute Gasteiger partial charge is 0.387 e. The lowest BCUT2D eigenvalue weighted by Crippen LogP contribution is -2.39. The van der Waals surface area contributed by atoms with Gasteiger partial charge in [0.05, 0.1) is 12.1 Å². The Bertz CT molecular complexity index is 648. The zero-order valence-electron chi connectivity index (χ0n) is 14.5. The SMILES string of the molecule is C[C@H](NC(=O)NC[C@@H](O)c1ccc(C(C)(C)C)cc1)c1nccs1. The van der Waals surface area contributed by atoms with E-state index >= 15 is 0 Å². The van der Waals surface area contributed by atoms with Crippen LogP contribution in [0.15, 0.2) is 35.8 Å². The Labute approximate surface area is 147 Å². The number of aliphatic hydroxyl groups excluding tert-OH is 1. The first kappa shape index (κ1) is 18.4. The summed E-state index contributed by atoms with van der Waals surface area (Å²) in [5.74, 6) is 0. The van der Waals surface area contributed by atoms with Gasteiger partial charge in [-0.15, -0.1) is 11.3 Å². The minimum atomic E-state index is -0.736. The van der Waals surface area contributed by atoms with Crippen molar-refractivity contribution in [2.75, 3.05) is 6.54 Å². The number of urea groups is 1. The van der Waals surface area contributed by atoms with E-state index in [0.717, 1.165) is 10.6 Å². The summed E-state index contributed by atoms with van der Waals surface area (Å²) in [5, 5.41) is 18.5. The van der Waals surface area contributed by atoms with Crippen LogP contribution in [-0.2, 0) is 5.41 Å². The van der Waals surface area contributed by atoms with Crippen LogP contribution in [0, 0.1) is 0 Å². The van der Waals surface area contributed by atoms with Gasteiger partial charge in [0.1, 0.15) is 5.01 Å². The molecule has 24 heavy (non-hydrogen) atoms. The lowest BCUT2D eigenvalue weighted by molar-refractivity contribution is 0.172. The Morgan fingerprint density at radius 2 is 1.96 bits per heavy atom. The highest BCUT2D eigenvalue weighted by Gasteiger charge is 2.16. The van der Waals surface area contributed by atoms with Crippen LogP contribution in [0.3, 0.4) is 0 Å². The topological polar surface area (TPSA) is 74.2 Å². The predicted molar refractivity (Wildman–Crippen MR) is 97.2 cm³/mol. The fourth-order valence-corrected chi connectivity index (χ4v) is 2.92. The van der Waals surface area contributed by atoms with E-state index in [4.69, 9.17) is 0 Å². The number of nitrogens with zero attached hydrogens (tertiary/aromatic N) is 1. The third-order valence-corrected chi connectivity index (χ3v) is 4.75. The second-order valence-electron chi connectivity index (χ2n) is 6.83. The number of carbonyl (C=O) groups excluding carboxylic acids is 1. The molecule has 1 aromatic heterocycles. The molecule has 0 bridgehead atoms. The van der Waals surface area contributed by atoms with Crippen molar-refractivity contribution in [3.8, 4) is 0 Å². The standard InChI is InChI=1S/C18H25N3O2S/c1-12(16-19-9-10-24-16)21-17(23)20-11-15(22)13-5-7-14(8-6-13)18(2,3)4/h5-10,12,15,22H,11H2,1-4H3,(H2,20,21,23)/t12-,15+/m0/s1. The Morgan fingerprint density at radius 3 is 2.50 bits per heavy atom. The molecule has 0 saturated carbocycles. The first-order valence-corrected chi connectivity index (χ1v) is 8.87. The van der Waals surface area contributed by atoms with Gasteiger partial charge < -0.3 is 15.7 Å². The van der Waals surface area contributed by atoms with Gasteiger partial charge in [0.2, 0.25) is 0 Å². The lowest BCUT2D eigenvalue weighted by Gasteiger charge is -2.20. The predicted octanol–water partition coefficient (Wildman–Crippen LogP) is 3.53. The van der Waals surface area contributed by atoms with Gasteiger partial charge in [-0.3, -0.25) is 0 Å². The Hall–Kier alpha value is -1.92. The normalized spacial score (nSPS) is 14.0. The summed E-state index contributed by atoms with van der Waals surface area (Å²) in [6.07, 6.45) is 0.973. The smallest absolute Gasteiger partial charge is 0.315 e. The van der Waals surface area contributed by atoms with Gasteiger partial charge in [-0.1, -0.05) is 45.0 Å². The minimum absolute atomic E-state index is 0.0770. The molecule has 2 aromatic rings. The van der Waals surface area contributed by atoms with E-state index in [1.807, 2.05) is 36.6 Å². The summed E-state index contributed by atoms with van der Waals surface area (Å²) >= 11 is 1.49. The maximum atomic E-state index is 11.9. The fraction of sp³-hybridized carbons (Fsp3) is 0.444. The second-order valence-corrected chi connectivity index (χ2v) is 7.76. The molecule has 1 heterocycles. The summed E-state index contributed by atoms with van der Waals surface area (Å²) in [6, 6.07) is 7.37. The number of aromatic nitrogens is 1. The van der Waals surface area contributed by atoms with Crippen molar-refractivity contribution in [2.24, 2.45) is 0 Å². The van der Waals surface area contributed by atoms with E-state index in [1.165, 1.54) is 16.9 Å². The Morgan fingerprint density at radius 1 is 1.29 bits per heavy atom. The molecule has 0 spiro atoms. The highest BCUT2D eigenvalue weighted by atomic mass is 32.1. The van der Waals surface area contributed by atoms with E-state index < -0.39 is 6.10 Å². The lowest BCUT2D eigenvalue weighted by atomic mass is 9.86. The van der Waals surface area contributed by atoms with Crippen molar-refractivity contribution < 1.29 is 9.90 Å². The number of rotatable bonds is 5. The zero-order valence-corrected chi connectivity index (χ0v) is 15.4. The first-order chi connectivity index (χ1) is 11.3. The van der Waals surface area contributed by atoms with Gasteiger partial charge in [0.15, 0.2) is 0 Å². The molecule has 0 aliphatic heterocycles. The number of carbonyl (C=O) groups is 1. The molecule has 0 unspecified atom stereocenters. The zero-order chi connectivity index (χ0) is 17.7. The summed E-state index contributed by atoms with van der Waals surface area (Å²) < 4.78 is 0. The summed E-state index contributed by atoms with van der Waals surface area (Å²) in [6.45, 7) is 8.47.